The Kier molecular flexibility index (Phi) is 3.73. The van der Waals surface area contributed by atoms with Crippen molar-refractivity contribution in [2.75, 3.05) is 20.1 Å². The number of ketones is 1. The molecule has 21 heavy (non-hydrogen) atoms. The number of fused-ring (bicyclic) bond motifs is 1. The molecule has 116 valence electrons. The third-order valence-electron chi connectivity index (χ3n) is 5.16. The van der Waals surface area contributed by atoms with Crippen LogP contribution >= 0.6 is 0 Å². The summed E-state index contributed by atoms with van der Waals surface area (Å²) >= 11 is 0. The molecule has 2 heterocycles. The van der Waals surface area contributed by atoms with Crippen LogP contribution in [-0.4, -0.2) is 35.4 Å². The summed E-state index contributed by atoms with van der Waals surface area (Å²) in [5.74, 6) is 1.06. The van der Waals surface area contributed by atoms with Crippen LogP contribution < -0.4 is 0 Å². The number of rotatable bonds is 2. The molecule has 1 atom stereocenters. The van der Waals surface area contributed by atoms with E-state index >= 15 is 0 Å². The first-order valence-corrected chi connectivity index (χ1v) is 8.26. The van der Waals surface area contributed by atoms with Crippen LogP contribution in [-0.2, 0) is 13.0 Å². The number of carbonyl (C=O) groups excluding carboxylic acids is 1. The highest BCUT2D eigenvalue weighted by Gasteiger charge is 2.34. The second-order valence-electron chi connectivity index (χ2n) is 7.97. The minimum atomic E-state index is 0.107. The van der Waals surface area contributed by atoms with Crippen LogP contribution in [0.4, 0.5) is 0 Å². The van der Waals surface area contributed by atoms with Crippen molar-refractivity contribution in [3.63, 3.8) is 0 Å². The lowest BCUT2D eigenvalue weighted by atomic mass is 9.76. The smallest absolute Gasteiger partial charge is 0.165 e. The molecule has 0 spiro atoms. The van der Waals surface area contributed by atoms with Crippen molar-refractivity contribution in [2.24, 2.45) is 11.3 Å². The monoisotopic (exact) mass is 288 g/mol. The zero-order chi connectivity index (χ0) is 15.2. The zero-order valence-electron chi connectivity index (χ0n) is 13.9. The standard InChI is InChI=1S/C18H28N2O/c1-13-8-15-16(9-18(2,3)10-17(15)21)20(13)12-14-6-5-7-19(4)11-14/h8,14H,5-7,9-12H2,1-4H3. The van der Waals surface area contributed by atoms with Crippen molar-refractivity contribution in [2.45, 2.75) is 53.0 Å². The largest absolute Gasteiger partial charge is 0.348 e. The highest BCUT2D eigenvalue weighted by Crippen LogP contribution is 2.36. The lowest BCUT2D eigenvalue weighted by molar-refractivity contribution is 0.0909. The number of piperidine rings is 1. The molecule has 0 amide bonds. The Morgan fingerprint density at radius 3 is 2.81 bits per heavy atom. The molecule has 1 aliphatic heterocycles. The Morgan fingerprint density at radius 1 is 1.33 bits per heavy atom. The van der Waals surface area contributed by atoms with Crippen LogP contribution in [0.1, 0.15) is 54.9 Å². The van der Waals surface area contributed by atoms with Gasteiger partial charge in [0.1, 0.15) is 0 Å². The van der Waals surface area contributed by atoms with Gasteiger partial charge in [0.2, 0.25) is 0 Å². The molecule has 3 heteroatoms. The number of hydrogen-bond donors (Lipinski definition) is 0. The summed E-state index contributed by atoms with van der Waals surface area (Å²) < 4.78 is 2.44. The average Bonchev–Trinajstić information content (AvgIpc) is 2.66. The van der Waals surface area contributed by atoms with E-state index in [-0.39, 0.29) is 5.41 Å². The number of hydrogen-bond acceptors (Lipinski definition) is 2. The summed E-state index contributed by atoms with van der Waals surface area (Å²) in [4.78, 5) is 14.8. The maximum absolute atomic E-state index is 12.4. The summed E-state index contributed by atoms with van der Waals surface area (Å²) in [5.41, 5.74) is 3.66. The minimum Gasteiger partial charge on any atom is -0.348 e. The maximum atomic E-state index is 12.4. The molecule has 0 radical (unpaired) electrons. The predicted octanol–water partition coefficient (Wildman–Crippen LogP) is 3.29. The Bertz CT molecular complexity index is 556. The number of Topliss-reactive ketones (excluding diaryl/α,β-unsaturated/α-hetero) is 1. The highest BCUT2D eigenvalue weighted by molar-refractivity contribution is 5.99. The van der Waals surface area contributed by atoms with Crippen molar-refractivity contribution < 1.29 is 4.79 Å². The highest BCUT2D eigenvalue weighted by atomic mass is 16.1. The molecule has 0 aromatic carbocycles. The molecule has 3 nitrogen and oxygen atoms in total. The van der Waals surface area contributed by atoms with Gasteiger partial charge in [-0.05, 0) is 57.2 Å². The molecule has 1 aromatic rings. The first kappa shape index (κ1) is 14.8. The van der Waals surface area contributed by atoms with Gasteiger partial charge in [-0.3, -0.25) is 4.79 Å². The molecule has 0 bridgehead atoms. The fourth-order valence-electron chi connectivity index (χ4n) is 4.14. The van der Waals surface area contributed by atoms with E-state index in [1.807, 2.05) is 0 Å². The first-order chi connectivity index (χ1) is 9.85. The van der Waals surface area contributed by atoms with Gasteiger partial charge in [0.05, 0.1) is 0 Å². The van der Waals surface area contributed by atoms with Gasteiger partial charge >= 0.3 is 0 Å². The van der Waals surface area contributed by atoms with Crippen molar-refractivity contribution in [1.29, 1.82) is 0 Å². The summed E-state index contributed by atoms with van der Waals surface area (Å²) in [7, 11) is 2.22. The molecule has 2 aliphatic rings. The van der Waals surface area contributed by atoms with Crippen LogP contribution in [0, 0.1) is 18.3 Å². The Labute approximate surface area is 128 Å². The van der Waals surface area contributed by atoms with E-state index < -0.39 is 0 Å². The minimum absolute atomic E-state index is 0.107. The summed E-state index contributed by atoms with van der Waals surface area (Å²) in [5, 5.41) is 0. The van der Waals surface area contributed by atoms with Gasteiger partial charge in [-0.2, -0.15) is 0 Å². The van der Waals surface area contributed by atoms with Crippen molar-refractivity contribution in [1.82, 2.24) is 9.47 Å². The summed E-state index contributed by atoms with van der Waals surface area (Å²) in [6.45, 7) is 10.1. The molecular formula is C18H28N2O. The molecule has 0 saturated carbocycles. The van der Waals surface area contributed by atoms with E-state index in [1.54, 1.807) is 0 Å². The number of likely N-dealkylation sites (tertiary alicyclic amines) is 1. The van der Waals surface area contributed by atoms with Gasteiger partial charge in [-0.15, -0.1) is 0 Å². The van der Waals surface area contributed by atoms with Gasteiger partial charge in [0.15, 0.2) is 5.78 Å². The van der Waals surface area contributed by atoms with E-state index in [4.69, 9.17) is 0 Å². The lowest BCUT2D eigenvalue weighted by Crippen LogP contribution is -2.35. The molecule has 1 saturated heterocycles. The third-order valence-corrected chi connectivity index (χ3v) is 5.16. The maximum Gasteiger partial charge on any atom is 0.165 e. The summed E-state index contributed by atoms with van der Waals surface area (Å²) in [6.07, 6.45) is 4.34. The number of aromatic nitrogens is 1. The molecule has 1 unspecified atom stereocenters. The van der Waals surface area contributed by atoms with Crippen LogP contribution in [0.3, 0.4) is 0 Å². The van der Waals surface area contributed by atoms with Crippen LogP contribution in [0.2, 0.25) is 0 Å². The molecule has 0 N–H and O–H groups in total. The summed E-state index contributed by atoms with van der Waals surface area (Å²) in [6, 6.07) is 2.12. The fraction of sp³-hybridized carbons (Fsp3) is 0.722. The first-order valence-electron chi connectivity index (χ1n) is 8.26. The second kappa shape index (κ2) is 5.28. The average molecular weight is 288 g/mol. The zero-order valence-corrected chi connectivity index (χ0v) is 13.9. The molecule has 3 rings (SSSR count). The van der Waals surface area contributed by atoms with E-state index in [0.717, 1.165) is 24.4 Å². The van der Waals surface area contributed by atoms with Crippen molar-refractivity contribution in [3.05, 3.63) is 23.0 Å². The van der Waals surface area contributed by atoms with Crippen LogP contribution in [0.15, 0.2) is 6.07 Å². The quantitative estimate of drug-likeness (QED) is 0.834. The molecule has 1 aromatic heterocycles. The SMILES string of the molecule is Cc1cc2c(n1CC1CCCN(C)C1)CC(C)(C)CC2=O. The van der Waals surface area contributed by atoms with Crippen LogP contribution in [0.25, 0.3) is 0 Å². The van der Waals surface area contributed by atoms with Gasteiger partial charge in [-0.1, -0.05) is 13.8 Å². The molecule has 1 aliphatic carbocycles. The predicted molar refractivity (Wildman–Crippen MR) is 85.8 cm³/mol. The Balaban J connectivity index is 1.88. The Morgan fingerprint density at radius 2 is 2.10 bits per heavy atom. The normalized spacial score (nSPS) is 25.9. The van der Waals surface area contributed by atoms with Gasteiger partial charge in [0.25, 0.3) is 0 Å². The van der Waals surface area contributed by atoms with Crippen LogP contribution in [0.5, 0.6) is 0 Å². The second-order valence-corrected chi connectivity index (χ2v) is 7.97. The van der Waals surface area contributed by atoms with E-state index in [9.17, 15) is 4.79 Å². The van der Waals surface area contributed by atoms with E-state index in [1.165, 1.54) is 37.3 Å². The van der Waals surface area contributed by atoms with Gasteiger partial charge in [0, 0.05) is 36.5 Å². The van der Waals surface area contributed by atoms with Gasteiger partial charge in [-0.25, -0.2) is 0 Å². The van der Waals surface area contributed by atoms with Crippen molar-refractivity contribution >= 4 is 5.78 Å². The van der Waals surface area contributed by atoms with Gasteiger partial charge < -0.3 is 9.47 Å². The Hall–Kier alpha value is -1.09. The van der Waals surface area contributed by atoms with Crippen molar-refractivity contribution in [3.8, 4) is 0 Å². The number of aryl methyl sites for hydroxylation is 1. The topological polar surface area (TPSA) is 25.2 Å². The molecule has 1 fully saturated rings. The fourth-order valence-corrected chi connectivity index (χ4v) is 4.14. The third kappa shape index (κ3) is 2.94. The molecular weight excluding hydrogens is 260 g/mol. The van der Waals surface area contributed by atoms with E-state index in [2.05, 4.69) is 43.4 Å². The number of nitrogens with zero attached hydrogens (tertiary/aromatic N) is 2. The lowest BCUT2D eigenvalue weighted by Gasteiger charge is -2.33. The number of carbonyl (C=O) groups is 1. The van der Waals surface area contributed by atoms with E-state index in [0.29, 0.717) is 12.2 Å².